The zero-order valence-corrected chi connectivity index (χ0v) is 29.5. The molecule has 0 bridgehead atoms. The largest absolute Gasteiger partial charge is 0.457 e. The van der Waals surface area contributed by atoms with Gasteiger partial charge in [-0.3, -0.25) is 4.79 Å². The van der Waals surface area contributed by atoms with E-state index in [9.17, 15) is 9.59 Å². The van der Waals surface area contributed by atoms with Crippen LogP contribution in [0.5, 0.6) is 11.5 Å². The van der Waals surface area contributed by atoms with E-state index in [1.807, 2.05) is 68.3 Å². The average molecular weight is 652 g/mol. The van der Waals surface area contributed by atoms with E-state index in [0.29, 0.717) is 67.0 Å². The molecule has 1 saturated carbocycles. The maximum atomic E-state index is 12.8. The van der Waals surface area contributed by atoms with Gasteiger partial charge in [0.2, 0.25) is 5.91 Å². The molecule has 3 aromatic rings. The molecule has 2 heterocycles. The summed E-state index contributed by atoms with van der Waals surface area (Å²) in [5.41, 5.74) is 3.61. The van der Waals surface area contributed by atoms with Crippen molar-refractivity contribution in [3.8, 4) is 11.5 Å². The summed E-state index contributed by atoms with van der Waals surface area (Å²) in [4.78, 5) is 36.6. The predicted molar refractivity (Wildman–Crippen MR) is 192 cm³/mol. The number of amides is 1. The molecule has 0 spiro atoms. The lowest BCUT2D eigenvalue weighted by Gasteiger charge is -2.20. The molecule has 0 radical (unpaired) electrons. The third kappa shape index (κ3) is 9.57. The molecule has 2 aromatic carbocycles. The van der Waals surface area contributed by atoms with Gasteiger partial charge in [-0.05, 0) is 73.4 Å². The highest BCUT2D eigenvalue weighted by Gasteiger charge is 2.28. The van der Waals surface area contributed by atoms with E-state index in [0.717, 1.165) is 40.8 Å². The number of Topliss-reactive ketones (excluding diaryl/α,β-unsaturated/α-hetero) is 1. The predicted octanol–water partition coefficient (Wildman–Crippen LogP) is 9.28. The van der Waals surface area contributed by atoms with Crippen LogP contribution in [0.4, 0.5) is 0 Å². The third-order valence-corrected chi connectivity index (χ3v) is 9.92. The molecule has 3 atom stereocenters. The Hall–Kier alpha value is -3.94. The van der Waals surface area contributed by atoms with Crippen molar-refractivity contribution in [2.75, 3.05) is 6.54 Å². The van der Waals surface area contributed by atoms with Gasteiger partial charge in [-0.2, -0.15) is 0 Å². The standard InChI is InChI=1S/C40H53N5O3/c1-25(2)35(41)18-27(4)39(42)30-13-15-34(16-14-30)48-37-21-36-32(20-33(37)24-45-23-26(3)17-38(45)47)22-43-40(44-36)31(19-28(5)46)10-8-6-7-9-29-11-12-29/h13-16,20-22,25-27,29,31,41-42H,6-12,17-19,23-24H2,1-5H3/t26-,27?,31?/m0/s1. The first-order valence-corrected chi connectivity index (χ1v) is 18.0. The average Bonchev–Trinajstić information content (AvgIpc) is 3.82. The molecule has 48 heavy (non-hydrogen) atoms. The summed E-state index contributed by atoms with van der Waals surface area (Å²) >= 11 is 0. The zero-order chi connectivity index (χ0) is 34.4. The molecule has 8 heteroatoms. The number of hydrogen-bond donors (Lipinski definition) is 2. The van der Waals surface area contributed by atoms with Crippen LogP contribution in [-0.2, 0) is 16.1 Å². The third-order valence-electron chi connectivity index (χ3n) is 9.92. The van der Waals surface area contributed by atoms with Crippen LogP contribution < -0.4 is 4.74 Å². The van der Waals surface area contributed by atoms with Crippen LogP contribution in [0.15, 0.2) is 42.6 Å². The van der Waals surface area contributed by atoms with Gasteiger partial charge in [-0.15, -0.1) is 0 Å². The van der Waals surface area contributed by atoms with Gasteiger partial charge in [0.1, 0.15) is 23.1 Å². The van der Waals surface area contributed by atoms with E-state index in [4.69, 9.17) is 25.5 Å². The Bertz CT molecular complexity index is 1630. The number of benzene rings is 2. The maximum Gasteiger partial charge on any atom is 0.223 e. The van der Waals surface area contributed by atoms with Crippen LogP contribution in [0.25, 0.3) is 10.9 Å². The Kier molecular flexibility index (Phi) is 11.8. The van der Waals surface area contributed by atoms with Crippen molar-refractivity contribution in [1.82, 2.24) is 14.9 Å². The smallest absolute Gasteiger partial charge is 0.223 e. The van der Waals surface area contributed by atoms with Crippen molar-refractivity contribution in [3.63, 3.8) is 0 Å². The molecule has 1 saturated heterocycles. The van der Waals surface area contributed by atoms with E-state index in [1.165, 1.54) is 32.1 Å². The number of carbonyl (C=O) groups excluding carboxylic acids is 2. The first kappa shape index (κ1) is 35.4. The summed E-state index contributed by atoms with van der Waals surface area (Å²) in [6.07, 6.45) is 11.9. The summed E-state index contributed by atoms with van der Waals surface area (Å²) in [7, 11) is 0. The zero-order valence-electron chi connectivity index (χ0n) is 29.5. The van der Waals surface area contributed by atoms with Gasteiger partial charge in [0.25, 0.3) is 0 Å². The Morgan fingerprint density at radius 3 is 2.44 bits per heavy atom. The van der Waals surface area contributed by atoms with E-state index < -0.39 is 0 Å². The number of nitrogens with zero attached hydrogens (tertiary/aromatic N) is 3. The molecule has 1 amide bonds. The molecule has 1 aliphatic heterocycles. The molecule has 5 rings (SSSR count). The second kappa shape index (κ2) is 16.0. The molecular weight excluding hydrogens is 598 g/mol. The number of ether oxygens (including phenoxy) is 1. The summed E-state index contributed by atoms with van der Waals surface area (Å²) in [5.74, 6) is 3.61. The highest BCUT2D eigenvalue weighted by atomic mass is 16.5. The molecular formula is C40H53N5O3. The quantitative estimate of drug-likeness (QED) is 0.105. The lowest BCUT2D eigenvalue weighted by Crippen LogP contribution is -2.24. The molecule has 1 aliphatic carbocycles. The highest BCUT2D eigenvalue weighted by molar-refractivity contribution is 6.02. The number of rotatable bonds is 18. The fourth-order valence-electron chi connectivity index (χ4n) is 6.72. The van der Waals surface area contributed by atoms with Gasteiger partial charge < -0.3 is 25.2 Å². The van der Waals surface area contributed by atoms with E-state index in [-0.39, 0.29) is 29.4 Å². The van der Waals surface area contributed by atoms with E-state index in [1.54, 1.807) is 6.92 Å². The Balaban J connectivity index is 1.38. The molecule has 1 aromatic heterocycles. The molecule has 2 N–H and O–H groups in total. The number of fused-ring (bicyclic) bond motifs is 1. The molecule has 2 aliphatic rings. The number of ketones is 1. The molecule has 2 fully saturated rings. The lowest BCUT2D eigenvalue weighted by molar-refractivity contribution is -0.128. The van der Waals surface area contributed by atoms with Crippen LogP contribution >= 0.6 is 0 Å². The van der Waals surface area contributed by atoms with Crippen LogP contribution in [-0.4, -0.2) is 44.5 Å². The van der Waals surface area contributed by atoms with Crippen LogP contribution in [0.3, 0.4) is 0 Å². The van der Waals surface area contributed by atoms with Crippen LogP contribution in [0, 0.1) is 34.5 Å². The summed E-state index contributed by atoms with van der Waals surface area (Å²) in [6, 6.07) is 11.5. The van der Waals surface area contributed by atoms with Crippen molar-refractivity contribution >= 4 is 34.0 Å². The molecule has 2 unspecified atom stereocenters. The second-order valence-corrected chi connectivity index (χ2v) is 14.8. The minimum absolute atomic E-state index is 0.0184. The summed E-state index contributed by atoms with van der Waals surface area (Å²) in [5, 5.41) is 17.8. The monoisotopic (exact) mass is 651 g/mol. The van der Waals surface area contributed by atoms with Crippen LogP contribution in [0.1, 0.15) is 122 Å². The van der Waals surface area contributed by atoms with Crippen molar-refractivity contribution in [1.29, 1.82) is 10.8 Å². The van der Waals surface area contributed by atoms with Gasteiger partial charge >= 0.3 is 0 Å². The highest BCUT2D eigenvalue weighted by Crippen LogP contribution is 2.36. The topological polar surface area (TPSA) is 120 Å². The number of likely N-dealkylation sites (tertiary alicyclic amines) is 1. The van der Waals surface area contributed by atoms with E-state index in [2.05, 4.69) is 6.92 Å². The summed E-state index contributed by atoms with van der Waals surface area (Å²) in [6.45, 7) is 10.9. The fraction of sp³-hybridized carbons (Fsp3) is 0.550. The van der Waals surface area contributed by atoms with Gasteiger partial charge in [0.05, 0.1) is 5.52 Å². The van der Waals surface area contributed by atoms with Gasteiger partial charge in [0, 0.05) is 72.4 Å². The van der Waals surface area contributed by atoms with E-state index >= 15 is 0 Å². The van der Waals surface area contributed by atoms with Crippen molar-refractivity contribution < 1.29 is 14.3 Å². The number of unbranched alkanes of at least 4 members (excludes halogenated alkanes) is 2. The minimum atomic E-state index is -0.0532. The number of hydrogen-bond acceptors (Lipinski definition) is 7. The fourth-order valence-corrected chi connectivity index (χ4v) is 6.72. The normalized spacial score (nSPS) is 17.6. The number of carbonyl (C=O) groups is 2. The molecule has 8 nitrogen and oxygen atoms in total. The van der Waals surface area contributed by atoms with Gasteiger partial charge in [-0.25, -0.2) is 9.97 Å². The SMILES string of the molecule is CC(=O)CC(CCCCCC1CC1)c1ncc2cc(CN3C[C@@H](C)CC3=O)c(Oc3ccc(C(=N)C(C)CC(=N)C(C)C)cc3)cc2n1. The first-order valence-electron chi connectivity index (χ1n) is 18.0. The number of nitrogens with one attached hydrogen (secondary N) is 2. The van der Waals surface area contributed by atoms with Crippen molar-refractivity contribution in [2.24, 2.45) is 23.7 Å². The van der Waals surface area contributed by atoms with Crippen LogP contribution in [0.2, 0.25) is 0 Å². The van der Waals surface area contributed by atoms with Crippen molar-refractivity contribution in [3.05, 3.63) is 59.5 Å². The Labute approximate surface area is 286 Å². The number of aromatic nitrogens is 2. The summed E-state index contributed by atoms with van der Waals surface area (Å²) < 4.78 is 6.51. The minimum Gasteiger partial charge on any atom is -0.457 e. The first-order chi connectivity index (χ1) is 23.0. The van der Waals surface area contributed by atoms with Crippen molar-refractivity contribution in [2.45, 2.75) is 111 Å². The Morgan fingerprint density at radius 1 is 1.04 bits per heavy atom. The second-order valence-electron chi connectivity index (χ2n) is 14.8. The molecule has 256 valence electrons. The van der Waals surface area contributed by atoms with Gasteiger partial charge in [-0.1, -0.05) is 66.2 Å². The van der Waals surface area contributed by atoms with Gasteiger partial charge in [0.15, 0.2) is 0 Å². The lowest BCUT2D eigenvalue weighted by atomic mass is 9.90. The maximum absolute atomic E-state index is 12.8. The Morgan fingerprint density at radius 2 is 1.79 bits per heavy atom.